The Morgan fingerprint density at radius 1 is 0.434 bits per heavy atom. The number of benzene rings is 7. The molecule has 0 aromatic heterocycles. The minimum atomic E-state index is -0.517. The number of ether oxygens (including phenoxy) is 5. The summed E-state index contributed by atoms with van der Waals surface area (Å²) in [7, 11) is 0. The lowest BCUT2D eigenvalue weighted by Crippen LogP contribution is -2.61. The number of hydrogen-bond acceptors (Lipinski definition) is 6. The Labute approximate surface area is 457 Å². The van der Waals surface area contributed by atoms with Crippen LogP contribution in [0.25, 0.3) is 6.08 Å². The van der Waals surface area contributed by atoms with Crippen molar-refractivity contribution < 1.29 is 28.5 Å². The fourth-order valence-electron chi connectivity index (χ4n) is 9.08. The van der Waals surface area contributed by atoms with E-state index in [1.54, 1.807) is 0 Å². The second-order valence-corrected chi connectivity index (χ2v) is 17.1. The zero-order valence-electron chi connectivity index (χ0n) is 47.2. The third-order valence-corrected chi connectivity index (χ3v) is 12.5. The average Bonchev–Trinajstić information content (AvgIpc) is 3.52. The molecule has 7 heteroatoms. The van der Waals surface area contributed by atoms with Crippen molar-refractivity contribution in [2.45, 2.75) is 145 Å². The predicted octanol–water partition coefficient (Wildman–Crippen LogP) is 16.9. The van der Waals surface area contributed by atoms with Gasteiger partial charge < -0.3 is 28.6 Å². The summed E-state index contributed by atoms with van der Waals surface area (Å²) in [5, 5.41) is 0. The first-order chi connectivity index (χ1) is 37.7. The van der Waals surface area contributed by atoms with Crippen LogP contribution in [0.2, 0.25) is 0 Å². The third kappa shape index (κ3) is 18.7. The van der Waals surface area contributed by atoms with Crippen molar-refractivity contribution in [1.82, 2.24) is 0 Å². The van der Waals surface area contributed by atoms with Crippen LogP contribution < -0.4 is 4.90 Å². The molecule has 0 spiro atoms. The van der Waals surface area contributed by atoms with E-state index in [4.69, 9.17) is 23.7 Å². The van der Waals surface area contributed by atoms with Gasteiger partial charge in [0.25, 0.3) is 0 Å². The Hall–Kier alpha value is -6.45. The van der Waals surface area contributed by atoms with Gasteiger partial charge in [0.05, 0.1) is 51.1 Å². The molecule has 2 aliphatic rings. The van der Waals surface area contributed by atoms with E-state index in [0.717, 1.165) is 44.6 Å². The Bertz CT molecular complexity index is 2540. The van der Waals surface area contributed by atoms with Gasteiger partial charge in [0.1, 0.15) is 24.4 Å². The van der Waals surface area contributed by atoms with E-state index >= 15 is 0 Å². The van der Waals surface area contributed by atoms with Crippen LogP contribution in [-0.2, 0) is 61.3 Å². The van der Waals surface area contributed by atoms with Gasteiger partial charge >= 0.3 is 0 Å². The van der Waals surface area contributed by atoms with Crippen LogP contribution in [0.5, 0.6) is 0 Å². The maximum Gasteiger partial charge on any atom is 0.233 e. The van der Waals surface area contributed by atoms with E-state index < -0.39 is 30.5 Å². The molecule has 1 amide bonds. The van der Waals surface area contributed by atoms with Crippen LogP contribution in [0, 0.1) is 5.92 Å². The summed E-state index contributed by atoms with van der Waals surface area (Å²) in [6.45, 7) is 21.9. The van der Waals surface area contributed by atoms with Crippen molar-refractivity contribution in [1.29, 1.82) is 0 Å². The van der Waals surface area contributed by atoms with Gasteiger partial charge in [0, 0.05) is 12.1 Å². The first-order valence-electron chi connectivity index (χ1n) is 28.1. The Kier molecular flexibility index (Phi) is 29.8. The van der Waals surface area contributed by atoms with Gasteiger partial charge in [-0.15, -0.1) is 0 Å². The minimum absolute atomic E-state index is 0.105. The van der Waals surface area contributed by atoms with Gasteiger partial charge in [-0.25, -0.2) is 0 Å². The molecule has 0 N–H and O–H groups in total. The van der Waals surface area contributed by atoms with E-state index in [9.17, 15) is 4.79 Å². The standard InChI is InChI=1S/C59H57NO6.5C2H6/c61-59-52(33-19-30-44-20-7-1-8-21-44)55(60(59)51-31-17-6-18-32-51)50-36-34-45(35-37-50)38-53-56(63-40-47-24-11-3-12-25-47)58(65-42-49-28-15-5-16-29-49)57(64-41-48-26-13-4-14-27-48)54(66-53)43-62-39-46-22-9-2-10-23-46;5*1-2/h1-32,34-37,52-58H,33,38-43H2;5*1-2H3/b30-19+;;;;;/t52-,53+,54-,55-,56+,57-,58-;;;;;/m1...../s1. The maximum atomic E-state index is 13.9. The molecule has 9 rings (SSSR count). The number of carbonyl (C=O) groups excluding carboxylic acids is 1. The van der Waals surface area contributed by atoms with E-state index in [1.165, 1.54) is 0 Å². The lowest BCUT2D eigenvalue weighted by molar-refractivity contribution is -0.272. The Balaban J connectivity index is 0.00000118. The number of hydrogen-bond donors (Lipinski definition) is 0. The topological polar surface area (TPSA) is 66.5 Å². The monoisotopic (exact) mass is 1030 g/mol. The first kappa shape index (κ1) is 62.1. The van der Waals surface area contributed by atoms with Crippen LogP contribution in [0.15, 0.2) is 212 Å². The highest BCUT2D eigenvalue weighted by atomic mass is 16.6. The number of anilines is 1. The number of rotatable bonds is 20. The van der Waals surface area contributed by atoms with Crippen molar-refractivity contribution in [3.8, 4) is 0 Å². The molecule has 7 aromatic carbocycles. The second kappa shape index (κ2) is 36.5. The maximum absolute atomic E-state index is 13.9. The van der Waals surface area contributed by atoms with Crippen LogP contribution in [0.1, 0.15) is 121 Å². The van der Waals surface area contributed by atoms with Crippen molar-refractivity contribution in [3.63, 3.8) is 0 Å². The third-order valence-electron chi connectivity index (χ3n) is 12.5. The van der Waals surface area contributed by atoms with Gasteiger partial charge in [0.15, 0.2) is 0 Å². The highest BCUT2D eigenvalue weighted by molar-refractivity contribution is 6.03. The molecule has 7 atom stereocenters. The largest absolute Gasteiger partial charge is 0.374 e. The first-order valence-corrected chi connectivity index (χ1v) is 28.1. The van der Waals surface area contributed by atoms with Crippen molar-refractivity contribution in [3.05, 3.63) is 251 Å². The van der Waals surface area contributed by atoms with E-state index in [-0.39, 0.29) is 17.9 Å². The normalized spacial score (nSPS) is 19.3. The molecule has 2 aliphatic heterocycles. The summed E-state index contributed by atoms with van der Waals surface area (Å²) >= 11 is 0. The molecule has 0 bridgehead atoms. The molecule has 0 aliphatic carbocycles. The van der Waals surface area contributed by atoms with E-state index in [0.29, 0.717) is 45.9 Å². The van der Waals surface area contributed by atoms with Gasteiger partial charge in [-0.2, -0.15) is 0 Å². The summed E-state index contributed by atoms with van der Waals surface area (Å²) in [5.74, 6) is -0.0476. The molecule has 2 saturated heterocycles. The van der Waals surface area contributed by atoms with Crippen LogP contribution >= 0.6 is 0 Å². The quantitative estimate of drug-likeness (QED) is 0.0709. The van der Waals surface area contributed by atoms with Gasteiger partial charge in [-0.05, 0) is 57.5 Å². The van der Waals surface area contributed by atoms with Crippen molar-refractivity contribution >= 4 is 17.7 Å². The Morgan fingerprint density at radius 2 is 0.829 bits per heavy atom. The summed E-state index contributed by atoms with van der Waals surface area (Å²) in [5.41, 5.74) is 8.46. The second-order valence-electron chi connectivity index (χ2n) is 17.1. The summed E-state index contributed by atoms with van der Waals surface area (Å²) in [6, 6.07) is 69.7. The van der Waals surface area contributed by atoms with E-state index in [2.05, 4.69) is 97.1 Å². The van der Waals surface area contributed by atoms with Crippen molar-refractivity contribution in [2.75, 3.05) is 11.5 Å². The van der Waals surface area contributed by atoms with Gasteiger partial charge in [-0.1, -0.05) is 276 Å². The molecular weight excluding hydrogens is 939 g/mol. The number of allylic oxidation sites excluding steroid dienone is 1. The molecule has 7 nitrogen and oxygen atoms in total. The lowest BCUT2D eigenvalue weighted by atomic mass is 9.79. The molecule has 2 fully saturated rings. The van der Waals surface area contributed by atoms with E-state index in [1.807, 2.05) is 195 Å². The zero-order valence-corrected chi connectivity index (χ0v) is 47.2. The van der Waals surface area contributed by atoms with Crippen LogP contribution in [-0.4, -0.2) is 43.0 Å². The smallest absolute Gasteiger partial charge is 0.233 e. The summed E-state index contributed by atoms with van der Waals surface area (Å²) < 4.78 is 34.5. The summed E-state index contributed by atoms with van der Waals surface area (Å²) in [6.07, 6.45) is 3.03. The number of amides is 1. The average molecular weight is 1030 g/mol. The van der Waals surface area contributed by atoms with Crippen molar-refractivity contribution in [2.24, 2.45) is 5.92 Å². The fourth-order valence-corrected chi connectivity index (χ4v) is 9.08. The molecule has 0 radical (unpaired) electrons. The molecular formula is C69H87NO6. The number of β-lactam (4-membered cyclic amide) rings is 1. The summed E-state index contributed by atoms with van der Waals surface area (Å²) in [4.78, 5) is 15.8. The molecule has 0 saturated carbocycles. The fraction of sp³-hybridized carbons (Fsp3) is 0.348. The molecule has 7 aromatic rings. The van der Waals surface area contributed by atoms with Crippen LogP contribution in [0.3, 0.4) is 0 Å². The van der Waals surface area contributed by atoms with Crippen LogP contribution in [0.4, 0.5) is 5.69 Å². The highest BCUT2D eigenvalue weighted by Crippen LogP contribution is 2.45. The number of nitrogens with zero attached hydrogens (tertiary/aromatic N) is 1. The Morgan fingerprint density at radius 3 is 1.29 bits per heavy atom. The SMILES string of the molecule is CC.CC.CC.CC.CC.O=C1[C@H](C/C=C/c2ccccc2)[C@@H](c2ccc(C[C@@H]3O[C@H](COCc4ccccc4)[C@@H](OCc4ccccc4)[C@H](OCc4ccccc4)[C@H]3OCc3ccccc3)cc2)N1c1ccccc1. The van der Waals surface area contributed by atoms with Gasteiger partial charge in [0.2, 0.25) is 5.91 Å². The molecule has 0 unspecified atom stereocenters. The zero-order chi connectivity index (χ0) is 54.8. The van der Waals surface area contributed by atoms with Gasteiger partial charge in [-0.3, -0.25) is 4.79 Å². The number of carbonyl (C=O) groups is 1. The number of para-hydroxylation sites is 1. The highest BCUT2D eigenvalue weighted by Gasteiger charge is 2.49. The molecule has 76 heavy (non-hydrogen) atoms. The molecule has 2 heterocycles. The predicted molar refractivity (Wildman–Crippen MR) is 317 cm³/mol. The lowest BCUT2D eigenvalue weighted by Gasteiger charge is -2.47. The minimum Gasteiger partial charge on any atom is -0.374 e. The molecule has 404 valence electrons.